The molecule has 1 unspecified atom stereocenters. The quantitative estimate of drug-likeness (QED) is 0.793. The van der Waals surface area contributed by atoms with Gasteiger partial charge in [0.25, 0.3) is 0 Å². The van der Waals surface area contributed by atoms with Gasteiger partial charge in [-0.25, -0.2) is 9.97 Å². The van der Waals surface area contributed by atoms with Crippen LogP contribution in [0, 0.1) is 5.92 Å². The molecule has 1 heterocycles. The molecule has 0 bridgehead atoms. The van der Waals surface area contributed by atoms with Crippen molar-refractivity contribution < 1.29 is 4.74 Å². The van der Waals surface area contributed by atoms with E-state index in [9.17, 15) is 0 Å². The Hall–Kier alpha value is -1.16. The SMILES string of the molecule is CNC(Cc1cc(OC)ncn1)C(C)C. The van der Waals surface area contributed by atoms with Crippen molar-refractivity contribution in [2.45, 2.75) is 26.3 Å². The van der Waals surface area contributed by atoms with Gasteiger partial charge in [0.1, 0.15) is 6.33 Å². The fraction of sp³-hybridized carbons (Fsp3) is 0.636. The summed E-state index contributed by atoms with van der Waals surface area (Å²) in [6.45, 7) is 4.39. The van der Waals surface area contributed by atoms with Gasteiger partial charge < -0.3 is 10.1 Å². The first-order valence-corrected chi connectivity index (χ1v) is 5.19. The van der Waals surface area contributed by atoms with E-state index in [2.05, 4.69) is 29.1 Å². The average molecular weight is 209 g/mol. The normalized spacial score (nSPS) is 12.9. The van der Waals surface area contributed by atoms with Crippen LogP contribution in [0.1, 0.15) is 19.5 Å². The van der Waals surface area contributed by atoms with Crippen LogP contribution in [0.2, 0.25) is 0 Å². The molecular weight excluding hydrogens is 190 g/mol. The largest absolute Gasteiger partial charge is 0.481 e. The van der Waals surface area contributed by atoms with Crippen LogP contribution in [-0.4, -0.2) is 30.2 Å². The summed E-state index contributed by atoms with van der Waals surface area (Å²) in [5.74, 6) is 1.20. The molecule has 84 valence electrons. The molecule has 0 radical (unpaired) electrons. The van der Waals surface area contributed by atoms with E-state index in [1.54, 1.807) is 13.4 Å². The van der Waals surface area contributed by atoms with Gasteiger partial charge in [0.15, 0.2) is 0 Å². The van der Waals surface area contributed by atoms with Crippen LogP contribution >= 0.6 is 0 Å². The van der Waals surface area contributed by atoms with Crippen molar-refractivity contribution in [3.8, 4) is 5.88 Å². The highest BCUT2D eigenvalue weighted by Crippen LogP contribution is 2.11. The maximum Gasteiger partial charge on any atom is 0.216 e. The molecule has 4 nitrogen and oxygen atoms in total. The van der Waals surface area contributed by atoms with Crippen LogP contribution in [0.5, 0.6) is 5.88 Å². The number of methoxy groups -OCH3 is 1. The summed E-state index contributed by atoms with van der Waals surface area (Å²) in [6.07, 6.45) is 2.44. The van der Waals surface area contributed by atoms with Crippen molar-refractivity contribution in [3.63, 3.8) is 0 Å². The van der Waals surface area contributed by atoms with E-state index < -0.39 is 0 Å². The van der Waals surface area contributed by atoms with E-state index in [4.69, 9.17) is 4.74 Å². The van der Waals surface area contributed by atoms with E-state index >= 15 is 0 Å². The van der Waals surface area contributed by atoms with Gasteiger partial charge in [-0.15, -0.1) is 0 Å². The first-order chi connectivity index (χ1) is 7.17. The zero-order chi connectivity index (χ0) is 11.3. The Morgan fingerprint density at radius 1 is 1.40 bits per heavy atom. The molecule has 0 aliphatic heterocycles. The third-order valence-corrected chi connectivity index (χ3v) is 2.51. The number of hydrogen-bond donors (Lipinski definition) is 1. The Bertz CT molecular complexity index is 302. The molecule has 1 atom stereocenters. The number of nitrogens with zero attached hydrogens (tertiary/aromatic N) is 2. The molecule has 1 rings (SSSR count). The Balaban J connectivity index is 2.70. The summed E-state index contributed by atoms with van der Waals surface area (Å²) in [5, 5.41) is 3.29. The predicted molar refractivity (Wildman–Crippen MR) is 60.0 cm³/mol. The molecule has 0 fully saturated rings. The fourth-order valence-corrected chi connectivity index (χ4v) is 1.50. The van der Waals surface area contributed by atoms with Gasteiger partial charge in [-0.05, 0) is 13.0 Å². The second kappa shape index (κ2) is 5.66. The molecule has 0 amide bonds. The van der Waals surface area contributed by atoms with Crippen LogP contribution in [0.15, 0.2) is 12.4 Å². The highest BCUT2D eigenvalue weighted by atomic mass is 16.5. The lowest BCUT2D eigenvalue weighted by Gasteiger charge is -2.19. The third kappa shape index (κ3) is 3.47. The van der Waals surface area contributed by atoms with Crippen LogP contribution in [0.4, 0.5) is 0 Å². The Morgan fingerprint density at radius 3 is 2.67 bits per heavy atom. The molecule has 1 aromatic heterocycles. The smallest absolute Gasteiger partial charge is 0.216 e. The minimum Gasteiger partial charge on any atom is -0.481 e. The second-order valence-corrected chi connectivity index (χ2v) is 3.90. The number of likely N-dealkylation sites (N-methyl/N-ethyl adjacent to an activating group) is 1. The Morgan fingerprint density at radius 2 is 2.13 bits per heavy atom. The van der Waals surface area contributed by atoms with Gasteiger partial charge in [-0.2, -0.15) is 0 Å². The molecule has 0 spiro atoms. The van der Waals surface area contributed by atoms with E-state index in [1.807, 2.05) is 13.1 Å². The van der Waals surface area contributed by atoms with E-state index in [0.717, 1.165) is 12.1 Å². The monoisotopic (exact) mass is 209 g/mol. The van der Waals surface area contributed by atoms with Gasteiger partial charge in [0, 0.05) is 24.2 Å². The molecule has 15 heavy (non-hydrogen) atoms. The zero-order valence-corrected chi connectivity index (χ0v) is 9.82. The van der Waals surface area contributed by atoms with Gasteiger partial charge in [0.05, 0.1) is 7.11 Å². The van der Waals surface area contributed by atoms with E-state index in [-0.39, 0.29) is 0 Å². The minimum atomic E-state index is 0.435. The molecule has 0 aromatic carbocycles. The molecular formula is C11H19N3O. The number of hydrogen-bond acceptors (Lipinski definition) is 4. The first kappa shape index (κ1) is 11.9. The fourth-order valence-electron chi connectivity index (χ4n) is 1.50. The summed E-state index contributed by atoms with van der Waals surface area (Å²) >= 11 is 0. The van der Waals surface area contributed by atoms with Crippen LogP contribution in [-0.2, 0) is 6.42 Å². The summed E-state index contributed by atoms with van der Waals surface area (Å²) in [7, 11) is 3.59. The summed E-state index contributed by atoms with van der Waals surface area (Å²) in [6, 6.07) is 2.32. The van der Waals surface area contributed by atoms with Crippen LogP contribution in [0.3, 0.4) is 0 Å². The second-order valence-electron chi connectivity index (χ2n) is 3.90. The average Bonchev–Trinajstić information content (AvgIpc) is 2.25. The standard InChI is InChI=1S/C11H19N3O/c1-8(2)10(12-3)5-9-6-11(15-4)14-7-13-9/h6-8,10,12H,5H2,1-4H3. The zero-order valence-electron chi connectivity index (χ0n) is 9.82. The molecule has 1 aromatic rings. The third-order valence-electron chi connectivity index (χ3n) is 2.51. The van der Waals surface area contributed by atoms with Gasteiger partial charge in [0.2, 0.25) is 5.88 Å². The van der Waals surface area contributed by atoms with Gasteiger partial charge in [-0.1, -0.05) is 13.8 Å². The lowest BCUT2D eigenvalue weighted by atomic mass is 9.99. The van der Waals surface area contributed by atoms with Crippen LogP contribution in [0.25, 0.3) is 0 Å². The number of rotatable bonds is 5. The first-order valence-electron chi connectivity index (χ1n) is 5.19. The maximum absolute atomic E-state index is 5.06. The predicted octanol–water partition coefficient (Wildman–Crippen LogP) is 1.27. The van der Waals surface area contributed by atoms with E-state index in [1.165, 1.54) is 0 Å². The summed E-state index contributed by atoms with van der Waals surface area (Å²) < 4.78 is 5.06. The Kier molecular flexibility index (Phi) is 4.49. The number of ether oxygens (including phenoxy) is 1. The van der Waals surface area contributed by atoms with Crippen molar-refractivity contribution >= 4 is 0 Å². The lowest BCUT2D eigenvalue weighted by Crippen LogP contribution is -2.33. The van der Waals surface area contributed by atoms with Crippen molar-refractivity contribution in [1.29, 1.82) is 0 Å². The summed E-state index contributed by atoms with van der Waals surface area (Å²) in [4.78, 5) is 8.21. The van der Waals surface area contributed by atoms with Crippen molar-refractivity contribution in [2.75, 3.05) is 14.2 Å². The lowest BCUT2D eigenvalue weighted by molar-refractivity contribution is 0.392. The Labute approximate surface area is 91.1 Å². The number of aromatic nitrogens is 2. The van der Waals surface area contributed by atoms with Gasteiger partial charge in [-0.3, -0.25) is 0 Å². The van der Waals surface area contributed by atoms with Crippen molar-refractivity contribution in [3.05, 3.63) is 18.1 Å². The van der Waals surface area contributed by atoms with Crippen molar-refractivity contribution in [2.24, 2.45) is 5.92 Å². The summed E-state index contributed by atoms with van der Waals surface area (Å²) in [5.41, 5.74) is 1.01. The highest BCUT2D eigenvalue weighted by Gasteiger charge is 2.12. The topological polar surface area (TPSA) is 47.0 Å². The van der Waals surface area contributed by atoms with Gasteiger partial charge >= 0.3 is 0 Å². The molecule has 1 N–H and O–H groups in total. The van der Waals surface area contributed by atoms with Crippen LogP contribution < -0.4 is 10.1 Å². The van der Waals surface area contributed by atoms with E-state index in [0.29, 0.717) is 17.8 Å². The molecule has 4 heteroatoms. The molecule has 0 aliphatic carbocycles. The molecule has 0 saturated heterocycles. The number of nitrogens with one attached hydrogen (secondary N) is 1. The van der Waals surface area contributed by atoms with Crippen molar-refractivity contribution in [1.82, 2.24) is 15.3 Å². The highest BCUT2D eigenvalue weighted by molar-refractivity contribution is 5.14. The molecule has 0 aliphatic rings. The maximum atomic E-state index is 5.06. The minimum absolute atomic E-state index is 0.435. The molecule has 0 saturated carbocycles.